The molecule has 12 heteroatoms. The topological polar surface area (TPSA) is 194 Å². The van der Waals surface area contributed by atoms with E-state index in [4.69, 9.17) is 11.5 Å². The van der Waals surface area contributed by atoms with Crippen molar-refractivity contribution in [3.63, 3.8) is 0 Å². The zero-order chi connectivity index (χ0) is 26.6. The maximum Gasteiger partial charge on any atom is 0.242 e. The number of aromatic nitrogens is 2. The molecule has 1 aromatic heterocycles. The second kappa shape index (κ2) is 13.5. The van der Waals surface area contributed by atoms with Crippen molar-refractivity contribution in [1.29, 1.82) is 0 Å². The number of amidine groups is 1. The monoisotopic (exact) mass is 506 g/mol. The number of nitrogens with zero attached hydrogens (tertiary/aromatic N) is 3. The van der Waals surface area contributed by atoms with Crippen LogP contribution in [0.3, 0.4) is 0 Å². The highest BCUT2D eigenvalue weighted by atomic mass is 16.7. The van der Waals surface area contributed by atoms with Crippen LogP contribution in [0.15, 0.2) is 78.3 Å². The number of aromatic amines is 1. The first-order valence-corrected chi connectivity index (χ1v) is 11.7. The van der Waals surface area contributed by atoms with Crippen LogP contribution in [0.5, 0.6) is 0 Å². The number of hydrogen-bond donors (Lipinski definition) is 5. The van der Waals surface area contributed by atoms with E-state index < -0.39 is 28.9 Å². The van der Waals surface area contributed by atoms with Gasteiger partial charge in [0.25, 0.3) is 0 Å². The molecule has 0 aliphatic rings. The number of hydrogen-bond acceptors (Lipinski definition) is 6. The highest BCUT2D eigenvalue weighted by Gasteiger charge is 2.28. The van der Waals surface area contributed by atoms with E-state index in [1.165, 1.54) is 0 Å². The zero-order valence-corrected chi connectivity index (χ0v) is 20.1. The third-order valence-electron chi connectivity index (χ3n) is 5.75. The number of hydrazone groups is 1. The Morgan fingerprint density at radius 3 is 2.19 bits per heavy atom. The number of nitrogens with two attached hydrogens (primary N) is 2. The van der Waals surface area contributed by atoms with E-state index in [2.05, 4.69) is 25.7 Å². The van der Waals surface area contributed by atoms with Gasteiger partial charge in [-0.15, -0.1) is 0 Å². The Morgan fingerprint density at radius 1 is 1.03 bits per heavy atom. The van der Waals surface area contributed by atoms with Crippen molar-refractivity contribution in [3.8, 4) is 0 Å². The van der Waals surface area contributed by atoms with Crippen molar-refractivity contribution in [2.75, 3.05) is 6.54 Å². The van der Waals surface area contributed by atoms with Gasteiger partial charge in [0.1, 0.15) is 6.04 Å². The lowest BCUT2D eigenvalue weighted by Gasteiger charge is -2.24. The molecule has 0 radical (unpaired) electrons. The Balaban J connectivity index is 1.77. The summed E-state index contributed by atoms with van der Waals surface area (Å²) in [7, 11) is 0. The van der Waals surface area contributed by atoms with Crippen molar-refractivity contribution in [3.05, 3.63) is 100 Å². The van der Waals surface area contributed by atoms with Crippen LogP contribution in [0.2, 0.25) is 0 Å². The number of benzene rings is 2. The van der Waals surface area contributed by atoms with Gasteiger partial charge in [-0.2, -0.15) is 0 Å². The molecule has 1 unspecified atom stereocenters. The smallest absolute Gasteiger partial charge is 0.242 e. The molecule has 2 atom stereocenters. The van der Waals surface area contributed by atoms with Crippen molar-refractivity contribution in [2.24, 2.45) is 16.6 Å². The van der Waals surface area contributed by atoms with Gasteiger partial charge >= 0.3 is 0 Å². The van der Waals surface area contributed by atoms with Crippen molar-refractivity contribution in [1.82, 2.24) is 20.6 Å². The minimum Gasteiger partial charge on any atom is -0.381 e. The Kier molecular flexibility index (Phi) is 9.85. The molecule has 3 rings (SSSR count). The third-order valence-corrected chi connectivity index (χ3v) is 5.75. The summed E-state index contributed by atoms with van der Waals surface area (Å²) >= 11 is 0. The van der Waals surface area contributed by atoms with Crippen LogP contribution in [-0.4, -0.2) is 51.3 Å². The number of nitro groups is 1. The Labute approximate surface area is 213 Å². The van der Waals surface area contributed by atoms with E-state index in [1.54, 1.807) is 12.5 Å². The highest BCUT2D eigenvalue weighted by molar-refractivity contribution is 5.92. The van der Waals surface area contributed by atoms with Gasteiger partial charge in [-0.25, -0.2) is 15.1 Å². The second-order valence-corrected chi connectivity index (χ2v) is 8.38. The van der Waals surface area contributed by atoms with Crippen LogP contribution in [0.4, 0.5) is 0 Å². The normalized spacial score (nSPS) is 13.1. The summed E-state index contributed by atoms with van der Waals surface area (Å²) in [5.41, 5.74) is 13.9. The molecule has 0 saturated heterocycles. The van der Waals surface area contributed by atoms with Gasteiger partial charge in [-0.1, -0.05) is 60.7 Å². The van der Waals surface area contributed by atoms with Crippen molar-refractivity contribution < 1.29 is 14.6 Å². The summed E-state index contributed by atoms with van der Waals surface area (Å²) in [5.74, 6) is -1.80. The Bertz CT molecular complexity index is 1150. The molecule has 1 heterocycles. The molecule has 0 aliphatic heterocycles. The summed E-state index contributed by atoms with van der Waals surface area (Å²) in [6.07, 6.45) is 3.90. The summed E-state index contributed by atoms with van der Waals surface area (Å²) in [5, 5.41) is 18.4. The predicted molar refractivity (Wildman–Crippen MR) is 138 cm³/mol. The molecule has 0 aliphatic carbocycles. The molecule has 7 N–H and O–H groups in total. The molecule has 2 amide bonds. The second-order valence-electron chi connectivity index (χ2n) is 8.38. The van der Waals surface area contributed by atoms with E-state index >= 15 is 0 Å². The average molecular weight is 507 g/mol. The molecule has 194 valence electrons. The molecule has 2 aromatic carbocycles. The molecule has 0 saturated carbocycles. The van der Waals surface area contributed by atoms with E-state index in [-0.39, 0.29) is 24.6 Å². The van der Waals surface area contributed by atoms with Gasteiger partial charge in [0.2, 0.25) is 11.8 Å². The zero-order valence-electron chi connectivity index (χ0n) is 20.1. The number of carbonyl (C=O) groups is 2. The van der Waals surface area contributed by atoms with Gasteiger partial charge in [-0.3, -0.25) is 9.59 Å². The minimum atomic E-state index is -0.960. The Morgan fingerprint density at radius 2 is 1.65 bits per heavy atom. The van der Waals surface area contributed by atoms with Gasteiger partial charge in [-0.05, 0) is 24.0 Å². The fraction of sp³-hybridized carbons (Fsp3) is 0.280. The summed E-state index contributed by atoms with van der Waals surface area (Å²) in [6.45, 7) is 0.311. The summed E-state index contributed by atoms with van der Waals surface area (Å²) in [6, 6.07) is 16.6. The number of rotatable bonds is 13. The first-order valence-electron chi connectivity index (χ1n) is 11.7. The summed E-state index contributed by atoms with van der Waals surface area (Å²) < 4.78 is 0. The first-order chi connectivity index (χ1) is 17.8. The Hall–Kier alpha value is -4.58. The van der Waals surface area contributed by atoms with E-state index in [1.807, 2.05) is 60.7 Å². The number of H-pyrrole nitrogens is 1. The van der Waals surface area contributed by atoms with E-state index in [0.717, 1.165) is 16.8 Å². The molecule has 37 heavy (non-hydrogen) atoms. The molecular formula is C25H30N8O4. The lowest BCUT2D eigenvalue weighted by Crippen LogP contribution is -2.49. The van der Waals surface area contributed by atoms with E-state index in [0.29, 0.717) is 13.0 Å². The molecule has 0 spiro atoms. The average Bonchev–Trinajstić information content (AvgIpc) is 3.41. The van der Waals surface area contributed by atoms with Gasteiger partial charge in [0.15, 0.2) is 10.9 Å². The van der Waals surface area contributed by atoms with Crippen LogP contribution < -0.4 is 22.1 Å². The van der Waals surface area contributed by atoms with Crippen LogP contribution in [0.1, 0.15) is 35.6 Å². The maximum absolute atomic E-state index is 13.6. The van der Waals surface area contributed by atoms with Gasteiger partial charge in [0.05, 0.1) is 23.4 Å². The number of carbonyl (C=O) groups excluding carboxylic acids is 2. The van der Waals surface area contributed by atoms with Crippen LogP contribution in [0.25, 0.3) is 0 Å². The van der Waals surface area contributed by atoms with Gasteiger partial charge < -0.3 is 27.1 Å². The maximum atomic E-state index is 13.6. The standard InChI is InChI=1S/C25H30N8O4/c26-20(23(27)32-33(36)37)11-12-21(24(34)29-14-13-19-15-28-16-30-19)31-25(35)22(17-7-3-1-4-8-17)18-9-5-2-6-10-18/h1-10,15-16,20-22H,11-14,26H2,(H2,27,32)(H,28,30)(H,29,34)(H,31,35)/t20?,21-/m0/s1. The predicted octanol–water partition coefficient (Wildman–Crippen LogP) is 1.04. The van der Waals surface area contributed by atoms with Crippen molar-refractivity contribution >= 4 is 17.6 Å². The van der Waals surface area contributed by atoms with Crippen LogP contribution in [0, 0.1) is 10.1 Å². The lowest BCUT2D eigenvalue weighted by atomic mass is 9.90. The third kappa shape index (κ3) is 8.25. The number of amides is 2. The first kappa shape index (κ1) is 27.0. The fourth-order valence-electron chi connectivity index (χ4n) is 3.84. The molecular weight excluding hydrogens is 476 g/mol. The van der Waals surface area contributed by atoms with Crippen LogP contribution >= 0.6 is 0 Å². The van der Waals surface area contributed by atoms with E-state index in [9.17, 15) is 19.7 Å². The molecule has 0 fully saturated rings. The quantitative estimate of drug-likeness (QED) is 0.0988. The molecule has 12 nitrogen and oxygen atoms in total. The lowest BCUT2D eigenvalue weighted by molar-refractivity contribution is -0.485. The highest BCUT2D eigenvalue weighted by Crippen LogP contribution is 2.25. The number of nitrogens with one attached hydrogen (secondary N) is 3. The summed E-state index contributed by atoms with van der Waals surface area (Å²) in [4.78, 5) is 44.2. The largest absolute Gasteiger partial charge is 0.381 e. The molecule has 0 bridgehead atoms. The van der Waals surface area contributed by atoms with Crippen LogP contribution in [-0.2, 0) is 16.0 Å². The van der Waals surface area contributed by atoms with Crippen molar-refractivity contribution in [2.45, 2.75) is 37.3 Å². The number of imidazole rings is 1. The fourth-order valence-corrected chi connectivity index (χ4v) is 3.84. The molecule has 3 aromatic rings. The van der Waals surface area contributed by atoms with Gasteiger partial charge in [0, 0.05) is 24.9 Å². The SMILES string of the molecule is NC(=N[N+](=O)[O-])C(N)CC[C@H](NC(=O)C(c1ccccc1)c1ccccc1)C(=O)NCCc1cnc[nH]1. The minimum absolute atomic E-state index is 0.0867.